The lowest BCUT2D eigenvalue weighted by atomic mass is 9.93. The first-order chi connectivity index (χ1) is 22.0. The number of hydrogen-bond acceptors (Lipinski definition) is 8. The van der Waals surface area contributed by atoms with Crippen molar-refractivity contribution in [3.63, 3.8) is 0 Å². The Bertz CT molecular complexity index is 1780. The minimum Gasteiger partial charge on any atom is -0.369 e. The van der Waals surface area contributed by atoms with E-state index < -0.39 is 0 Å². The van der Waals surface area contributed by atoms with Crippen LogP contribution in [0, 0.1) is 0 Å². The summed E-state index contributed by atoms with van der Waals surface area (Å²) < 4.78 is 0. The highest BCUT2D eigenvalue weighted by Gasteiger charge is 2.34. The van der Waals surface area contributed by atoms with Crippen molar-refractivity contribution in [3.05, 3.63) is 89.0 Å². The number of nitrogens with one attached hydrogen (secondary N) is 3. The van der Waals surface area contributed by atoms with Crippen LogP contribution in [0.5, 0.6) is 0 Å². The standard InChI is InChI=1S/C35H36N6O4/c42-32-26-8-1-5-23-6-2-9-27(30(23)26)33(43)40(32)19-15-36-11-4-12-37-16-20-41-34(44)28-10-3-7-24-21-25(39-17-13-38-14-18-39)22-29(31(24)28)35(41)45/h1-3,5-10,21-22,36-38H,4,11-20H2. The molecule has 3 N–H and O–H groups in total. The second-order valence-corrected chi connectivity index (χ2v) is 11.7. The zero-order valence-electron chi connectivity index (χ0n) is 25.1. The van der Waals surface area contributed by atoms with Crippen molar-refractivity contribution >= 4 is 50.9 Å². The first-order valence-electron chi connectivity index (χ1n) is 15.7. The average Bonchev–Trinajstić information content (AvgIpc) is 3.07. The summed E-state index contributed by atoms with van der Waals surface area (Å²) in [5.74, 6) is -1.01. The van der Waals surface area contributed by atoms with Gasteiger partial charge in [-0.15, -0.1) is 0 Å². The fraction of sp³-hybridized carbons (Fsp3) is 0.314. The van der Waals surface area contributed by atoms with Crippen LogP contribution in [-0.4, -0.2) is 98.9 Å². The number of carbonyl (C=O) groups excluding carboxylic acids is 4. The lowest BCUT2D eigenvalue weighted by Gasteiger charge is -2.32. The van der Waals surface area contributed by atoms with Gasteiger partial charge in [0.2, 0.25) is 0 Å². The lowest BCUT2D eigenvalue weighted by molar-refractivity contribution is 0.0597. The summed E-state index contributed by atoms with van der Waals surface area (Å²) >= 11 is 0. The Balaban J connectivity index is 0.882. The number of nitrogens with zero attached hydrogens (tertiary/aromatic N) is 3. The van der Waals surface area contributed by atoms with Crippen LogP contribution in [0.3, 0.4) is 0 Å². The van der Waals surface area contributed by atoms with Crippen LogP contribution < -0.4 is 20.9 Å². The third kappa shape index (κ3) is 5.35. The molecule has 0 unspecified atom stereocenters. The third-order valence-corrected chi connectivity index (χ3v) is 8.98. The van der Waals surface area contributed by atoms with Crippen molar-refractivity contribution in [2.45, 2.75) is 6.42 Å². The Morgan fingerprint density at radius 3 is 1.62 bits per heavy atom. The summed E-state index contributed by atoms with van der Waals surface area (Å²) in [6.07, 6.45) is 0.808. The molecular formula is C35H36N6O4. The number of rotatable bonds is 11. The Hall–Kier alpha value is -4.64. The summed E-state index contributed by atoms with van der Waals surface area (Å²) in [4.78, 5) is 58.0. The Labute approximate surface area is 261 Å². The molecule has 4 aromatic rings. The van der Waals surface area contributed by atoms with Crippen molar-refractivity contribution < 1.29 is 19.2 Å². The predicted molar refractivity (Wildman–Crippen MR) is 174 cm³/mol. The van der Waals surface area contributed by atoms with Crippen LogP contribution in [0.25, 0.3) is 21.5 Å². The van der Waals surface area contributed by atoms with E-state index in [4.69, 9.17) is 0 Å². The van der Waals surface area contributed by atoms with Gasteiger partial charge in [0, 0.05) is 85.5 Å². The minimum atomic E-state index is -0.256. The maximum absolute atomic E-state index is 13.6. The van der Waals surface area contributed by atoms with Gasteiger partial charge in [-0.1, -0.05) is 36.4 Å². The number of carbonyl (C=O) groups is 4. The van der Waals surface area contributed by atoms with Gasteiger partial charge in [0.1, 0.15) is 0 Å². The number of benzene rings is 4. The van der Waals surface area contributed by atoms with Gasteiger partial charge in [-0.3, -0.25) is 29.0 Å². The lowest BCUT2D eigenvalue weighted by Crippen LogP contribution is -2.45. The van der Waals surface area contributed by atoms with E-state index >= 15 is 0 Å². The average molecular weight is 605 g/mol. The Morgan fingerprint density at radius 1 is 0.578 bits per heavy atom. The molecule has 230 valence electrons. The van der Waals surface area contributed by atoms with E-state index in [0.29, 0.717) is 55.0 Å². The monoisotopic (exact) mass is 604 g/mol. The van der Waals surface area contributed by atoms with Crippen molar-refractivity contribution in [2.75, 3.05) is 70.3 Å². The first kappa shape index (κ1) is 29.1. The molecule has 1 fully saturated rings. The molecule has 7 rings (SSSR count). The van der Waals surface area contributed by atoms with Gasteiger partial charge in [-0.05, 0) is 60.6 Å². The van der Waals surface area contributed by atoms with Crippen molar-refractivity contribution in [3.8, 4) is 0 Å². The Kier molecular flexibility index (Phi) is 8.01. The predicted octanol–water partition coefficient (Wildman–Crippen LogP) is 2.86. The van der Waals surface area contributed by atoms with E-state index in [1.165, 1.54) is 9.80 Å². The number of amides is 4. The summed E-state index contributed by atoms with van der Waals surface area (Å²) in [7, 11) is 0. The molecule has 4 amide bonds. The van der Waals surface area contributed by atoms with Crippen LogP contribution in [0.15, 0.2) is 66.7 Å². The normalized spacial score (nSPS) is 16.4. The molecule has 0 atom stereocenters. The maximum atomic E-state index is 13.6. The highest BCUT2D eigenvalue weighted by Crippen LogP contribution is 2.34. The molecule has 4 aromatic carbocycles. The number of anilines is 1. The van der Waals surface area contributed by atoms with Crippen molar-refractivity contribution in [2.24, 2.45) is 0 Å². The molecule has 0 radical (unpaired) electrons. The van der Waals surface area contributed by atoms with Crippen LogP contribution in [0.4, 0.5) is 5.69 Å². The summed E-state index contributed by atoms with van der Waals surface area (Å²) in [5, 5.41) is 13.3. The minimum absolute atomic E-state index is 0.246. The molecule has 10 nitrogen and oxygen atoms in total. The molecule has 0 spiro atoms. The SMILES string of the molecule is O=C1c2cccc3cccc(c23)C(=O)N1CCNCCCNCCN1C(=O)c2cccc3cc(N4CCNCC4)cc(c23)C1=O. The van der Waals surface area contributed by atoms with Gasteiger partial charge in [0.25, 0.3) is 23.6 Å². The molecule has 3 aliphatic heterocycles. The molecule has 0 aliphatic carbocycles. The second-order valence-electron chi connectivity index (χ2n) is 11.7. The number of piperazine rings is 1. The van der Waals surface area contributed by atoms with Gasteiger partial charge in [-0.25, -0.2) is 0 Å². The Morgan fingerprint density at radius 2 is 1.07 bits per heavy atom. The summed E-state index contributed by atoms with van der Waals surface area (Å²) in [6.45, 7) is 6.50. The van der Waals surface area contributed by atoms with E-state index in [2.05, 4.69) is 26.9 Å². The summed E-state index contributed by atoms with van der Waals surface area (Å²) in [6, 6.07) is 20.8. The smallest absolute Gasteiger partial charge is 0.261 e. The zero-order chi connectivity index (χ0) is 30.9. The van der Waals surface area contributed by atoms with E-state index in [9.17, 15) is 19.2 Å². The highest BCUT2D eigenvalue weighted by atomic mass is 16.2. The molecule has 3 heterocycles. The largest absolute Gasteiger partial charge is 0.369 e. The maximum Gasteiger partial charge on any atom is 0.261 e. The van der Waals surface area contributed by atoms with Crippen LogP contribution in [0.1, 0.15) is 47.9 Å². The topological polar surface area (TPSA) is 114 Å². The number of imide groups is 2. The van der Waals surface area contributed by atoms with E-state index in [1.54, 1.807) is 18.2 Å². The van der Waals surface area contributed by atoms with E-state index in [-0.39, 0.29) is 30.2 Å². The van der Waals surface area contributed by atoms with Gasteiger partial charge in [0.05, 0.1) is 5.56 Å². The van der Waals surface area contributed by atoms with E-state index in [0.717, 1.165) is 59.8 Å². The molecule has 0 saturated carbocycles. The van der Waals surface area contributed by atoms with Crippen LogP contribution >= 0.6 is 0 Å². The fourth-order valence-corrected chi connectivity index (χ4v) is 6.70. The third-order valence-electron chi connectivity index (χ3n) is 8.98. The molecular weight excluding hydrogens is 568 g/mol. The first-order valence-corrected chi connectivity index (χ1v) is 15.7. The quantitative estimate of drug-likeness (QED) is 0.177. The van der Waals surface area contributed by atoms with Gasteiger partial charge in [0.15, 0.2) is 0 Å². The molecule has 0 aromatic heterocycles. The fourth-order valence-electron chi connectivity index (χ4n) is 6.70. The molecule has 0 bridgehead atoms. The van der Waals surface area contributed by atoms with Gasteiger partial charge >= 0.3 is 0 Å². The zero-order valence-corrected chi connectivity index (χ0v) is 25.1. The molecule has 10 heteroatoms. The van der Waals surface area contributed by atoms with Gasteiger partial charge in [-0.2, -0.15) is 0 Å². The number of hydrogen-bond donors (Lipinski definition) is 3. The summed E-state index contributed by atoms with van der Waals surface area (Å²) in [5.41, 5.74) is 3.31. The highest BCUT2D eigenvalue weighted by molar-refractivity contribution is 6.26. The van der Waals surface area contributed by atoms with Gasteiger partial charge < -0.3 is 20.9 Å². The molecule has 45 heavy (non-hydrogen) atoms. The van der Waals surface area contributed by atoms with Crippen LogP contribution in [0.2, 0.25) is 0 Å². The van der Waals surface area contributed by atoms with Crippen molar-refractivity contribution in [1.29, 1.82) is 0 Å². The van der Waals surface area contributed by atoms with Crippen LogP contribution in [-0.2, 0) is 0 Å². The second kappa shape index (κ2) is 12.4. The van der Waals surface area contributed by atoms with E-state index in [1.807, 2.05) is 42.5 Å². The molecule has 1 saturated heterocycles. The molecule has 3 aliphatic rings. The van der Waals surface area contributed by atoms with Crippen molar-refractivity contribution in [1.82, 2.24) is 25.8 Å².